The lowest BCUT2D eigenvalue weighted by Crippen LogP contribution is -2.41. The Morgan fingerprint density at radius 2 is 2.15 bits per heavy atom. The van der Waals surface area contributed by atoms with Gasteiger partial charge in [-0.1, -0.05) is 12.1 Å². The molecular weight excluding hydrogens is 331 g/mol. The Kier molecular flexibility index (Phi) is 5.85. The minimum atomic E-state index is -0.182. The van der Waals surface area contributed by atoms with E-state index in [9.17, 15) is 4.39 Å². The molecule has 26 heavy (non-hydrogen) atoms. The van der Waals surface area contributed by atoms with Crippen molar-refractivity contribution in [1.29, 1.82) is 0 Å². The molecule has 7 heteroatoms. The maximum atomic E-state index is 13.7. The molecule has 1 aromatic heterocycles. The summed E-state index contributed by atoms with van der Waals surface area (Å²) >= 11 is 0. The first-order valence-electron chi connectivity index (χ1n) is 9.22. The summed E-state index contributed by atoms with van der Waals surface area (Å²) in [4.78, 5) is 4.59. The number of fused-ring (bicyclic) bond motifs is 1. The highest BCUT2D eigenvalue weighted by atomic mass is 19.1. The van der Waals surface area contributed by atoms with E-state index in [0.717, 1.165) is 55.6 Å². The van der Waals surface area contributed by atoms with E-state index >= 15 is 0 Å². The van der Waals surface area contributed by atoms with Crippen molar-refractivity contribution in [3.05, 3.63) is 46.8 Å². The Bertz CT molecular complexity index is 782. The zero-order valence-electron chi connectivity index (χ0n) is 15.7. The average Bonchev–Trinajstić information content (AvgIpc) is 3.01. The molecule has 1 unspecified atom stereocenters. The van der Waals surface area contributed by atoms with E-state index < -0.39 is 0 Å². The lowest BCUT2D eigenvalue weighted by molar-refractivity contribution is 0.358. The predicted molar refractivity (Wildman–Crippen MR) is 101 cm³/mol. The van der Waals surface area contributed by atoms with Crippen molar-refractivity contribution >= 4 is 5.96 Å². The highest BCUT2D eigenvalue weighted by molar-refractivity contribution is 5.79. The molecule has 1 atom stereocenters. The number of hydrogen-bond donors (Lipinski definition) is 2. The maximum absolute atomic E-state index is 13.7. The topological polar surface area (TPSA) is 67.1 Å². The molecule has 0 amide bonds. The fourth-order valence-electron chi connectivity index (χ4n) is 3.18. The maximum Gasteiger partial charge on any atom is 0.191 e. The third-order valence-corrected chi connectivity index (χ3v) is 4.79. The molecule has 0 bridgehead atoms. The van der Waals surface area contributed by atoms with E-state index in [1.807, 2.05) is 19.9 Å². The van der Waals surface area contributed by atoms with Crippen molar-refractivity contribution in [2.45, 2.75) is 46.7 Å². The summed E-state index contributed by atoms with van der Waals surface area (Å²) in [5.41, 5.74) is 1.52. The number of halogens is 1. The number of benzene rings is 1. The van der Waals surface area contributed by atoms with E-state index in [2.05, 4.69) is 30.4 Å². The molecule has 0 saturated carbocycles. The van der Waals surface area contributed by atoms with Gasteiger partial charge in [-0.25, -0.2) is 9.38 Å². The van der Waals surface area contributed by atoms with Crippen molar-refractivity contribution in [1.82, 2.24) is 25.4 Å². The molecular formula is C19H27FN6. The van der Waals surface area contributed by atoms with Gasteiger partial charge in [0, 0.05) is 26.1 Å². The Balaban J connectivity index is 1.58. The monoisotopic (exact) mass is 358 g/mol. The van der Waals surface area contributed by atoms with Crippen molar-refractivity contribution < 1.29 is 4.39 Å². The summed E-state index contributed by atoms with van der Waals surface area (Å²) in [5.74, 6) is 3.16. The first-order chi connectivity index (χ1) is 12.6. The minimum absolute atomic E-state index is 0.182. The van der Waals surface area contributed by atoms with Gasteiger partial charge >= 0.3 is 0 Å². The van der Waals surface area contributed by atoms with Crippen LogP contribution >= 0.6 is 0 Å². The Hall–Kier alpha value is -2.44. The fraction of sp³-hybridized carbons (Fsp3) is 0.526. The van der Waals surface area contributed by atoms with Gasteiger partial charge < -0.3 is 15.2 Å². The molecule has 1 aromatic carbocycles. The van der Waals surface area contributed by atoms with Gasteiger partial charge in [0.15, 0.2) is 5.96 Å². The lowest BCUT2D eigenvalue weighted by atomic mass is 9.99. The number of rotatable bonds is 5. The van der Waals surface area contributed by atoms with E-state index in [-0.39, 0.29) is 5.82 Å². The predicted octanol–water partition coefficient (Wildman–Crippen LogP) is 2.35. The SMILES string of the molecule is CCNC(=NCc1ccc(C)c(F)c1)NCC1CCc2nnc(C)n2C1. The standard InChI is InChI=1S/C19H27FN6/c1-4-21-19(22-10-15-6-5-13(2)17(20)9-15)23-11-16-7-8-18-25-24-14(3)26(18)12-16/h5-6,9,16H,4,7-8,10-12H2,1-3H3,(H2,21,22,23). The second kappa shape index (κ2) is 8.29. The molecule has 0 saturated heterocycles. The molecule has 2 N–H and O–H groups in total. The third kappa shape index (κ3) is 4.39. The molecule has 1 aliphatic heterocycles. The van der Waals surface area contributed by atoms with Crippen LogP contribution in [0.25, 0.3) is 0 Å². The molecule has 1 aliphatic rings. The second-order valence-corrected chi connectivity index (χ2v) is 6.84. The van der Waals surface area contributed by atoms with Crippen molar-refractivity contribution in [3.8, 4) is 0 Å². The first-order valence-corrected chi connectivity index (χ1v) is 9.22. The van der Waals surface area contributed by atoms with Gasteiger partial charge in [0.1, 0.15) is 17.5 Å². The number of nitrogens with zero attached hydrogens (tertiary/aromatic N) is 4. The van der Waals surface area contributed by atoms with Gasteiger partial charge in [-0.15, -0.1) is 10.2 Å². The third-order valence-electron chi connectivity index (χ3n) is 4.79. The highest BCUT2D eigenvalue weighted by Crippen LogP contribution is 2.19. The smallest absolute Gasteiger partial charge is 0.191 e. The Morgan fingerprint density at radius 3 is 2.92 bits per heavy atom. The van der Waals surface area contributed by atoms with Crippen LogP contribution in [0.15, 0.2) is 23.2 Å². The number of hydrogen-bond acceptors (Lipinski definition) is 3. The van der Waals surface area contributed by atoms with E-state index in [0.29, 0.717) is 18.0 Å². The van der Waals surface area contributed by atoms with Crippen LogP contribution in [0, 0.1) is 25.6 Å². The number of aliphatic imine (C=N–C) groups is 1. The van der Waals surface area contributed by atoms with Gasteiger partial charge in [-0.05, 0) is 50.3 Å². The zero-order valence-corrected chi connectivity index (χ0v) is 15.7. The number of guanidine groups is 1. The van der Waals surface area contributed by atoms with Gasteiger partial charge in [-0.2, -0.15) is 0 Å². The van der Waals surface area contributed by atoms with Crippen LogP contribution < -0.4 is 10.6 Å². The van der Waals surface area contributed by atoms with Crippen LogP contribution in [0.5, 0.6) is 0 Å². The van der Waals surface area contributed by atoms with Crippen molar-refractivity contribution in [3.63, 3.8) is 0 Å². The summed E-state index contributed by atoms with van der Waals surface area (Å²) < 4.78 is 15.9. The molecule has 0 spiro atoms. The summed E-state index contributed by atoms with van der Waals surface area (Å²) in [5, 5.41) is 15.1. The highest BCUT2D eigenvalue weighted by Gasteiger charge is 2.21. The molecule has 6 nitrogen and oxygen atoms in total. The van der Waals surface area contributed by atoms with Crippen molar-refractivity contribution in [2.24, 2.45) is 10.9 Å². The van der Waals surface area contributed by atoms with Crippen LogP contribution in [-0.4, -0.2) is 33.8 Å². The minimum Gasteiger partial charge on any atom is -0.357 e. The summed E-state index contributed by atoms with van der Waals surface area (Å²) in [6.07, 6.45) is 2.05. The normalized spacial score (nSPS) is 17.1. The van der Waals surface area contributed by atoms with E-state index in [1.54, 1.807) is 19.1 Å². The molecule has 2 heterocycles. The molecule has 0 aliphatic carbocycles. The quantitative estimate of drug-likeness (QED) is 0.636. The van der Waals surface area contributed by atoms with Crippen LogP contribution in [0.2, 0.25) is 0 Å². The van der Waals surface area contributed by atoms with Crippen molar-refractivity contribution in [2.75, 3.05) is 13.1 Å². The van der Waals surface area contributed by atoms with Crippen LogP contribution in [0.4, 0.5) is 4.39 Å². The number of aromatic nitrogens is 3. The fourth-order valence-corrected chi connectivity index (χ4v) is 3.18. The van der Waals surface area contributed by atoms with Gasteiger partial charge in [0.05, 0.1) is 6.54 Å². The van der Waals surface area contributed by atoms with Gasteiger partial charge in [0.25, 0.3) is 0 Å². The van der Waals surface area contributed by atoms with Crippen LogP contribution in [-0.2, 0) is 19.5 Å². The Morgan fingerprint density at radius 1 is 1.31 bits per heavy atom. The summed E-state index contributed by atoms with van der Waals surface area (Å²) in [6, 6.07) is 5.27. The molecule has 3 rings (SSSR count). The summed E-state index contributed by atoms with van der Waals surface area (Å²) in [6.45, 7) is 8.81. The van der Waals surface area contributed by atoms with E-state index in [4.69, 9.17) is 0 Å². The first kappa shape index (κ1) is 18.4. The number of nitrogens with one attached hydrogen (secondary N) is 2. The molecule has 0 radical (unpaired) electrons. The largest absolute Gasteiger partial charge is 0.357 e. The lowest BCUT2D eigenvalue weighted by Gasteiger charge is -2.25. The van der Waals surface area contributed by atoms with Gasteiger partial charge in [-0.3, -0.25) is 0 Å². The Labute approximate surface area is 153 Å². The van der Waals surface area contributed by atoms with Crippen LogP contribution in [0.3, 0.4) is 0 Å². The molecule has 140 valence electrons. The number of aryl methyl sites for hydroxylation is 3. The van der Waals surface area contributed by atoms with E-state index in [1.165, 1.54) is 0 Å². The zero-order chi connectivity index (χ0) is 18.5. The van der Waals surface area contributed by atoms with Gasteiger partial charge in [0.2, 0.25) is 0 Å². The molecule has 0 fully saturated rings. The molecule has 2 aromatic rings. The second-order valence-electron chi connectivity index (χ2n) is 6.84. The average molecular weight is 358 g/mol. The summed E-state index contributed by atoms with van der Waals surface area (Å²) in [7, 11) is 0. The van der Waals surface area contributed by atoms with Crippen LogP contribution in [0.1, 0.15) is 36.1 Å².